The molecule has 1 aromatic heterocycles. The standard InChI is InChI=1S/C12H15ClN2O3/c1-2-18-11(16)6-14-12(17)10-5-8(13)7-15(10)9-3-4-9/h5,7,9H,2-4,6H2,1H3,(H,14,17). The lowest BCUT2D eigenvalue weighted by atomic mass is 10.4. The largest absolute Gasteiger partial charge is 0.465 e. The van der Waals surface area contributed by atoms with E-state index in [1.54, 1.807) is 19.2 Å². The molecule has 0 aromatic carbocycles. The van der Waals surface area contributed by atoms with Crippen LogP contribution in [0.25, 0.3) is 0 Å². The van der Waals surface area contributed by atoms with Gasteiger partial charge in [-0.25, -0.2) is 0 Å². The summed E-state index contributed by atoms with van der Waals surface area (Å²) in [7, 11) is 0. The predicted molar refractivity (Wildman–Crippen MR) is 66.7 cm³/mol. The maximum atomic E-state index is 11.9. The minimum atomic E-state index is -0.443. The van der Waals surface area contributed by atoms with Gasteiger partial charge in [-0.05, 0) is 25.8 Å². The van der Waals surface area contributed by atoms with Crippen LogP contribution in [0, 0.1) is 0 Å². The summed E-state index contributed by atoms with van der Waals surface area (Å²) in [5.41, 5.74) is 0.492. The van der Waals surface area contributed by atoms with Crippen molar-refractivity contribution in [3.63, 3.8) is 0 Å². The molecule has 18 heavy (non-hydrogen) atoms. The highest BCUT2D eigenvalue weighted by atomic mass is 35.5. The molecule has 0 saturated heterocycles. The Kier molecular flexibility index (Phi) is 3.91. The van der Waals surface area contributed by atoms with Crippen LogP contribution in [0.4, 0.5) is 0 Å². The Morgan fingerprint density at radius 1 is 1.56 bits per heavy atom. The second kappa shape index (κ2) is 5.44. The minimum absolute atomic E-state index is 0.125. The van der Waals surface area contributed by atoms with E-state index in [9.17, 15) is 9.59 Å². The molecule has 1 saturated carbocycles. The van der Waals surface area contributed by atoms with Crippen molar-refractivity contribution < 1.29 is 14.3 Å². The highest BCUT2D eigenvalue weighted by Crippen LogP contribution is 2.37. The number of hydrogen-bond acceptors (Lipinski definition) is 3. The Balaban J connectivity index is 1.98. The van der Waals surface area contributed by atoms with Gasteiger partial charge in [0.15, 0.2) is 0 Å². The van der Waals surface area contributed by atoms with Crippen molar-refractivity contribution in [2.24, 2.45) is 0 Å². The summed E-state index contributed by atoms with van der Waals surface area (Å²) in [5, 5.41) is 3.06. The first-order valence-corrected chi connectivity index (χ1v) is 6.30. The number of ether oxygens (including phenoxy) is 1. The van der Waals surface area contributed by atoms with Crippen molar-refractivity contribution in [2.45, 2.75) is 25.8 Å². The second-order valence-corrected chi connectivity index (χ2v) is 4.61. The van der Waals surface area contributed by atoms with Gasteiger partial charge in [0.1, 0.15) is 12.2 Å². The van der Waals surface area contributed by atoms with Crippen molar-refractivity contribution in [3.8, 4) is 0 Å². The molecule has 1 amide bonds. The van der Waals surface area contributed by atoms with Crippen LogP contribution < -0.4 is 5.32 Å². The summed E-state index contributed by atoms with van der Waals surface area (Å²) in [6, 6.07) is 1.97. The first-order valence-electron chi connectivity index (χ1n) is 5.93. The summed E-state index contributed by atoms with van der Waals surface area (Å²) in [4.78, 5) is 23.1. The fourth-order valence-corrected chi connectivity index (χ4v) is 1.95. The quantitative estimate of drug-likeness (QED) is 0.830. The third kappa shape index (κ3) is 3.04. The van der Waals surface area contributed by atoms with Gasteiger partial charge in [-0.2, -0.15) is 0 Å². The Bertz CT molecular complexity index is 466. The number of carbonyl (C=O) groups is 2. The summed E-state index contributed by atoms with van der Waals surface area (Å²) in [6.45, 7) is 1.90. The van der Waals surface area contributed by atoms with Gasteiger partial charge < -0.3 is 14.6 Å². The average Bonchev–Trinajstić information content (AvgIpc) is 3.10. The van der Waals surface area contributed by atoms with Gasteiger partial charge in [-0.3, -0.25) is 9.59 Å². The summed E-state index contributed by atoms with van der Waals surface area (Å²) in [6.07, 6.45) is 3.87. The molecule has 6 heteroatoms. The van der Waals surface area contributed by atoms with Crippen LogP contribution >= 0.6 is 11.6 Å². The third-order valence-electron chi connectivity index (χ3n) is 2.69. The zero-order chi connectivity index (χ0) is 13.1. The number of carbonyl (C=O) groups excluding carboxylic acids is 2. The molecular formula is C12H15ClN2O3. The van der Waals surface area contributed by atoms with Gasteiger partial charge in [0, 0.05) is 12.2 Å². The number of amides is 1. The summed E-state index contributed by atoms with van der Waals surface area (Å²) < 4.78 is 6.60. The lowest BCUT2D eigenvalue weighted by molar-refractivity contribution is -0.141. The van der Waals surface area contributed by atoms with Crippen LogP contribution in [-0.4, -0.2) is 29.6 Å². The topological polar surface area (TPSA) is 60.3 Å². The van der Waals surface area contributed by atoms with Gasteiger partial charge in [0.25, 0.3) is 5.91 Å². The maximum Gasteiger partial charge on any atom is 0.325 e. The zero-order valence-electron chi connectivity index (χ0n) is 10.1. The van der Waals surface area contributed by atoms with Gasteiger partial charge in [0.2, 0.25) is 0 Å². The number of aromatic nitrogens is 1. The van der Waals surface area contributed by atoms with Crippen LogP contribution in [0.5, 0.6) is 0 Å². The number of nitrogens with zero attached hydrogens (tertiary/aromatic N) is 1. The van der Waals surface area contributed by atoms with E-state index in [1.807, 2.05) is 4.57 Å². The molecule has 0 radical (unpaired) electrons. The monoisotopic (exact) mass is 270 g/mol. The van der Waals surface area contributed by atoms with Crippen LogP contribution in [0.15, 0.2) is 12.3 Å². The van der Waals surface area contributed by atoms with E-state index in [2.05, 4.69) is 5.32 Å². The maximum absolute atomic E-state index is 11.9. The molecule has 1 aliphatic carbocycles. The molecule has 0 bridgehead atoms. The van der Waals surface area contributed by atoms with E-state index < -0.39 is 5.97 Å². The molecule has 1 fully saturated rings. The van der Waals surface area contributed by atoms with Crippen molar-refractivity contribution >= 4 is 23.5 Å². The Morgan fingerprint density at radius 2 is 2.28 bits per heavy atom. The highest BCUT2D eigenvalue weighted by molar-refractivity contribution is 6.31. The molecule has 1 aromatic rings. The minimum Gasteiger partial charge on any atom is -0.465 e. The number of hydrogen-bond donors (Lipinski definition) is 1. The van der Waals surface area contributed by atoms with E-state index in [4.69, 9.17) is 16.3 Å². The van der Waals surface area contributed by atoms with Crippen molar-refractivity contribution in [1.82, 2.24) is 9.88 Å². The summed E-state index contributed by atoms with van der Waals surface area (Å²) in [5.74, 6) is -0.747. The predicted octanol–water partition coefficient (Wildman–Crippen LogP) is 1.77. The Morgan fingerprint density at radius 3 is 2.89 bits per heavy atom. The Labute approximate surface area is 110 Å². The van der Waals surface area contributed by atoms with Crippen LogP contribution in [0.1, 0.15) is 36.3 Å². The van der Waals surface area contributed by atoms with E-state index in [1.165, 1.54) is 0 Å². The molecule has 1 aliphatic rings. The molecule has 1 N–H and O–H groups in total. The molecule has 5 nitrogen and oxygen atoms in total. The molecule has 2 rings (SSSR count). The number of halogens is 1. The van der Waals surface area contributed by atoms with Gasteiger partial charge in [0.05, 0.1) is 11.6 Å². The van der Waals surface area contributed by atoms with E-state index >= 15 is 0 Å². The zero-order valence-corrected chi connectivity index (χ0v) is 10.9. The lowest BCUT2D eigenvalue weighted by Crippen LogP contribution is -2.31. The molecule has 1 heterocycles. The fourth-order valence-electron chi connectivity index (χ4n) is 1.74. The fraction of sp³-hybridized carbons (Fsp3) is 0.500. The first kappa shape index (κ1) is 13.0. The molecular weight excluding hydrogens is 256 g/mol. The smallest absolute Gasteiger partial charge is 0.325 e. The molecule has 98 valence electrons. The number of nitrogens with one attached hydrogen (secondary N) is 1. The Hall–Kier alpha value is -1.49. The number of esters is 1. The SMILES string of the molecule is CCOC(=O)CNC(=O)c1cc(Cl)cn1C1CC1. The van der Waals surface area contributed by atoms with Crippen molar-refractivity contribution in [2.75, 3.05) is 13.2 Å². The first-order chi connectivity index (χ1) is 8.61. The third-order valence-corrected chi connectivity index (χ3v) is 2.89. The van der Waals surface area contributed by atoms with E-state index in [0.29, 0.717) is 23.4 Å². The highest BCUT2D eigenvalue weighted by Gasteiger charge is 2.27. The summed E-state index contributed by atoms with van der Waals surface area (Å²) >= 11 is 5.90. The molecule has 0 unspecified atom stereocenters. The molecule has 0 aliphatic heterocycles. The van der Waals surface area contributed by atoms with E-state index in [-0.39, 0.29) is 12.5 Å². The van der Waals surface area contributed by atoms with Gasteiger partial charge in [-0.1, -0.05) is 11.6 Å². The molecule has 0 spiro atoms. The van der Waals surface area contributed by atoms with Crippen LogP contribution in [0.2, 0.25) is 5.02 Å². The van der Waals surface area contributed by atoms with Crippen LogP contribution in [-0.2, 0) is 9.53 Å². The van der Waals surface area contributed by atoms with Crippen molar-refractivity contribution in [1.29, 1.82) is 0 Å². The lowest BCUT2D eigenvalue weighted by Gasteiger charge is -2.08. The normalized spacial score (nSPS) is 14.3. The number of rotatable bonds is 5. The van der Waals surface area contributed by atoms with Crippen LogP contribution in [0.3, 0.4) is 0 Å². The average molecular weight is 271 g/mol. The van der Waals surface area contributed by atoms with Crippen molar-refractivity contribution in [3.05, 3.63) is 23.0 Å². The van der Waals surface area contributed by atoms with Gasteiger partial charge in [-0.15, -0.1) is 0 Å². The van der Waals surface area contributed by atoms with E-state index in [0.717, 1.165) is 12.8 Å². The van der Waals surface area contributed by atoms with Gasteiger partial charge >= 0.3 is 5.97 Å². The molecule has 0 atom stereocenters. The second-order valence-electron chi connectivity index (χ2n) is 4.17.